The number of aryl methyl sites for hydroxylation is 1. The number of H-pyrrole nitrogens is 1. The number of rotatable bonds is 10. The van der Waals surface area contributed by atoms with Gasteiger partial charge in [0.05, 0.1) is 12.1 Å². The molecule has 0 saturated heterocycles. The molecule has 39 heavy (non-hydrogen) atoms. The quantitative estimate of drug-likeness (QED) is 0.237. The Balaban J connectivity index is 1.52. The first-order valence-electron chi connectivity index (χ1n) is 12.8. The van der Waals surface area contributed by atoms with Gasteiger partial charge in [0.25, 0.3) is 0 Å². The second kappa shape index (κ2) is 11.5. The van der Waals surface area contributed by atoms with Crippen molar-refractivity contribution in [1.82, 2.24) is 19.7 Å². The number of nitrogens with two attached hydrogens (primary N) is 1. The summed E-state index contributed by atoms with van der Waals surface area (Å²) in [5, 5.41) is 4.23. The van der Waals surface area contributed by atoms with Gasteiger partial charge in [0.15, 0.2) is 11.0 Å². The number of nitrogens with zero attached hydrogens (tertiary/aromatic N) is 3. The SMILES string of the molecule is CCCCc1nc(Cl)c(CC(N)=O)n1Cc1ccc(-c2cc(-c3ccccc3)ccc2-c2noc(=O)[nH]2)cc1. The Bertz CT molecular complexity index is 1650. The van der Waals surface area contributed by atoms with Crippen molar-refractivity contribution in [2.75, 3.05) is 0 Å². The highest BCUT2D eigenvalue weighted by molar-refractivity contribution is 6.30. The summed E-state index contributed by atoms with van der Waals surface area (Å²) in [6.45, 7) is 2.63. The number of benzene rings is 3. The van der Waals surface area contributed by atoms with E-state index < -0.39 is 11.7 Å². The van der Waals surface area contributed by atoms with E-state index >= 15 is 0 Å². The predicted molar refractivity (Wildman–Crippen MR) is 151 cm³/mol. The van der Waals surface area contributed by atoms with Crippen LogP contribution in [0.15, 0.2) is 82.1 Å². The Morgan fingerprint density at radius 3 is 2.41 bits per heavy atom. The summed E-state index contributed by atoms with van der Waals surface area (Å²) < 4.78 is 6.78. The molecule has 3 aromatic carbocycles. The van der Waals surface area contributed by atoms with Crippen LogP contribution in [0.25, 0.3) is 33.6 Å². The number of amides is 1. The van der Waals surface area contributed by atoms with Crippen LogP contribution < -0.4 is 11.5 Å². The third-order valence-corrected chi connectivity index (χ3v) is 6.93. The number of unbranched alkanes of at least 4 members (excludes halogenated alkanes) is 1. The van der Waals surface area contributed by atoms with E-state index in [1.54, 1.807) is 0 Å². The van der Waals surface area contributed by atoms with Crippen molar-refractivity contribution in [3.05, 3.63) is 106 Å². The van der Waals surface area contributed by atoms with Crippen LogP contribution in [0, 0.1) is 0 Å². The zero-order valence-electron chi connectivity index (χ0n) is 21.5. The van der Waals surface area contributed by atoms with Gasteiger partial charge in [0.1, 0.15) is 5.82 Å². The van der Waals surface area contributed by atoms with Crippen molar-refractivity contribution in [2.24, 2.45) is 5.73 Å². The Morgan fingerprint density at radius 1 is 1.00 bits per heavy atom. The average molecular weight is 542 g/mol. The molecule has 1 amide bonds. The lowest BCUT2D eigenvalue weighted by Crippen LogP contribution is -2.18. The van der Waals surface area contributed by atoms with E-state index in [0.29, 0.717) is 23.2 Å². The molecule has 0 unspecified atom stereocenters. The maximum Gasteiger partial charge on any atom is 0.439 e. The highest BCUT2D eigenvalue weighted by atomic mass is 35.5. The molecule has 0 aliphatic rings. The standard InChI is InChI=1S/C30H28ClN5O3/c1-2-3-9-27-33-28(31)25(17-26(32)37)36(27)18-19-10-12-21(13-11-19)24-16-22(20-7-5-4-6-8-20)14-15-23(24)29-34-30(38)39-35-29/h4-8,10-16H,2-3,9,17-18H2,1H3,(H2,32,37)(H,34,35,38). The van der Waals surface area contributed by atoms with Crippen LogP contribution in [0.2, 0.25) is 5.15 Å². The van der Waals surface area contributed by atoms with Gasteiger partial charge in [-0.05, 0) is 46.4 Å². The van der Waals surface area contributed by atoms with Gasteiger partial charge in [0.2, 0.25) is 5.91 Å². The zero-order valence-corrected chi connectivity index (χ0v) is 22.2. The number of aromatic nitrogens is 4. The first-order chi connectivity index (χ1) is 18.9. The first kappa shape index (κ1) is 26.2. The third-order valence-electron chi connectivity index (χ3n) is 6.63. The van der Waals surface area contributed by atoms with E-state index in [-0.39, 0.29) is 6.42 Å². The molecule has 9 heteroatoms. The molecule has 8 nitrogen and oxygen atoms in total. The number of hydrogen-bond acceptors (Lipinski definition) is 5. The highest BCUT2D eigenvalue weighted by Gasteiger charge is 2.18. The van der Waals surface area contributed by atoms with Crippen molar-refractivity contribution in [1.29, 1.82) is 0 Å². The normalized spacial score (nSPS) is 11.1. The number of aromatic amines is 1. The van der Waals surface area contributed by atoms with Gasteiger partial charge in [-0.2, -0.15) is 0 Å². The van der Waals surface area contributed by atoms with Crippen molar-refractivity contribution >= 4 is 17.5 Å². The number of nitrogens with one attached hydrogen (secondary N) is 1. The van der Waals surface area contributed by atoms with Crippen molar-refractivity contribution < 1.29 is 9.32 Å². The lowest BCUT2D eigenvalue weighted by atomic mass is 9.93. The topological polar surface area (TPSA) is 120 Å². The van der Waals surface area contributed by atoms with Crippen LogP contribution in [-0.4, -0.2) is 25.6 Å². The molecule has 5 rings (SSSR count). The fourth-order valence-electron chi connectivity index (χ4n) is 4.67. The summed E-state index contributed by atoms with van der Waals surface area (Å²) in [5.41, 5.74) is 11.9. The molecular weight excluding hydrogens is 514 g/mol. The number of carbonyl (C=O) groups excluding carboxylic acids is 1. The monoisotopic (exact) mass is 541 g/mol. The lowest BCUT2D eigenvalue weighted by molar-refractivity contribution is -0.117. The molecule has 2 heterocycles. The van der Waals surface area contributed by atoms with Crippen molar-refractivity contribution in [2.45, 2.75) is 39.2 Å². The van der Waals surface area contributed by atoms with Crippen LogP contribution in [0.4, 0.5) is 0 Å². The first-order valence-corrected chi connectivity index (χ1v) is 13.2. The summed E-state index contributed by atoms with van der Waals surface area (Å²) in [4.78, 5) is 30.6. The highest BCUT2D eigenvalue weighted by Crippen LogP contribution is 2.34. The second-order valence-corrected chi connectivity index (χ2v) is 9.72. The largest absolute Gasteiger partial charge is 0.439 e. The van der Waals surface area contributed by atoms with E-state index in [1.165, 1.54) is 0 Å². The molecule has 0 radical (unpaired) electrons. The zero-order chi connectivity index (χ0) is 27.4. The fourth-order valence-corrected chi connectivity index (χ4v) is 4.94. The minimum atomic E-state index is -0.608. The molecular formula is C30H28ClN5O3. The molecule has 5 aromatic rings. The Hall–Kier alpha value is -4.43. The van der Waals surface area contributed by atoms with E-state index in [4.69, 9.17) is 21.9 Å². The fraction of sp³-hybridized carbons (Fsp3) is 0.200. The Kier molecular flexibility index (Phi) is 7.74. The van der Waals surface area contributed by atoms with Crippen molar-refractivity contribution in [3.63, 3.8) is 0 Å². The maximum atomic E-state index is 11.7. The number of imidazole rings is 1. The van der Waals surface area contributed by atoms with Crippen LogP contribution in [0.5, 0.6) is 0 Å². The van der Waals surface area contributed by atoms with Crippen LogP contribution in [-0.2, 0) is 24.2 Å². The summed E-state index contributed by atoms with van der Waals surface area (Å²) in [7, 11) is 0. The van der Waals surface area contributed by atoms with E-state index in [1.807, 2.05) is 59.2 Å². The number of primary amides is 1. The molecule has 3 N–H and O–H groups in total. The van der Waals surface area contributed by atoms with Gasteiger partial charge in [-0.25, -0.2) is 9.78 Å². The van der Waals surface area contributed by atoms with Crippen molar-refractivity contribution in [3.8, 4) is 33.6 Å². The van der Waals surface area contributed by atoms with E-state index in [9.17, 15) is 9.59 Å². The molecule has 0 fully saturated rings. The smallest absolute Gasteiger partial charge is 0.369 e. The Labute approximate surface area is 230 Å². The minimum Gasteiger partial charge on any atom is -0.369 e. The maximum absolute atomic E-state index is 11.7. The van der Waals surface area contributed by atoms with E-state index in [0.717, 1.165) is 58.5 Å². The van der Waals surface area contributed by atoms with Gasteiger partial charge >= 0.3 is 5.76 Å². The van der Waals surface area contributed by atoms with Gasteiger partial charge in [-0.3, -0.25) is 14.3 Å². The molecule has 0 aliphatic carbocycles. The molecule has 198 valence electrons. The van der Waals surface area contributed by atoms with Gasteiger partial charge in [0, 0.05) is 18.5 Å². The molecule has 2 aromatic heterocycles. The summed E-state index contributed by atoms with van der Waals surface area (Å²) in [5.74, 6) is 0.147. The molecule has 0 saturated carbocycles. The predicted octanol–water partition coefficient (Wildman–Crippen LogP) is 5.63. The van der Waals surface area contributed by atoms with Gasteiger partial charge in [-0.15, -0.1) is 0 Å². The molecule has 0 spiro atoms. The van der Waals surface area contributed by atoms with Gasteiger partial charge < -0.3 is 10.3 Å². The van der Waals surface area contributed by atoms with Crippen LogP contribution in [0.1, 0.15) is 36.8 Å². The van der Waals surface area contributed by atoms with Gasteiger partial charge in [-0.1, -0.05) is 90.8 Å². The lowest BCUT2D eigenvalue weighted by Gasteiger charge is -2.14. The second-order valence-electron chi connectivity index (χ2n) is 9.37. The Morgan fingerprint density at radius 2 is 1.74 bits per heavy atom. The molecule has 0 aliphatic heterocycles. The summed E-state index contributed by atoms with van der Waals surface area (Å²) >= 11 is 6.41. The number of halogens is 1. The molecule has 0 bridgehead atoms. The minimum absolute atomic E-state index is 0.0293. The average Bonchev–Trinajstić information content (AvgIpc) is 3.50. The van der Waals surface area contributed by atoms with Crippen LogP contribution in [0.3, 0.4) is 0 Å². The number of carbonyl (C=O) groups is 1. The van der Waals surface area contributed by atoms with Crippen LogP contribution >= 0.6 is 11.6 Å². The van der Waals surface area contributed by atoms with E-state index in [2.05, 4.69) is 40.2 Å². The number of hydrogen-bond donors (Lipinski definition) is 2. The molecule has 0 atom stereocenters. The third kappa shape index (κ3) is 5.86. The summed E-state index contributed by atoms with van der Waals surface area (Å²) in [6.07, 6.45) is 2.78. The summed E-state index contributed by atoms with van der Waals surface area (Å²) in [6, 6.07) is 24.2.